The van der Waals surface area contributed by atoms with Crippen molar-refractivity contribution in [3.05, 3.63) is 181 Å². The van der Waals surface area contributed by atoms with E-state index in [4.69, 9.17) is 0 Å². The van der Waals surface area contributed by atoms with Crippen LogP contribution in [-0.2, 0) is 9.98 Å². The first-order valence-electron chi connectivity index (χ1n) is 17.1. The van der Waals surface area contributed by atoms with Gasteiger partial charge in [0.05, 0.1) is 22.4 Å². The highest BCUT2D eigenvalue weighted by Crippen LogP contribution is 2.52. The summed E-state index contributed by atoms with van der Waals surface area (Å²) in [6, 6.07) is 54.7. The highest BCUT2D eigenvalue weighted by molar-refractivity contribution is 7.85. The summed E-state index contributed by atoms with van der Waals surface area (Å²) in [7, 11) is -3.21. The molecule has 8 aromatic rings. The Bertz CT molecular complexity index is 2530. The Morgan fingerprint density at radius 1 is 0.560 bits per heavy atom. The van der Waals surface area contributed by atoms with Gasteiger partial charge in [0.1, 0.15) is 5.44 Å². The van der Waals surface area contributed by atoms with Crippen molar-refractivity contribution in [1.82, 2.24) is 9.55 Å². The largest absolute Gasteiger partial charge is 0.310 e. The molecule has 0 spiro atoms. The maximum atomic E-state index is 15.1. The molecule has 6 aromatic carbocycles. The van der Waals surface area contributed by atoms with Crippen LogP contribution < -0.4 is 20.9 Å². The van der Waals surface area contributed by atoms with Crippen LogP contribution in [0.4, 0.5) is 17.1 Å². The summed E-state index contributed by atoms with van der Waals surface area (Å²) in [4.78, 5) is 7.01. The molecule has 1 aliphatic rings. The molecule has 1 unspecified atom stereocenters. The van der Waals surface area contributed by atoms with E-state index < -0.39 is 7.14 Å². The molecule has 0 fully saturated rings. The topological polar surface area (TPSA) is 38.1 Å². The second-order valence-corrected chi connectivity index (χ2v) is 16.4. The van der Waals surface area contributed by atoms with Crippen molar-refractivity contribution in [2.45, 2.75) is 26.2 Å². The van der Waals surface area contributed by atoms with Crippen LogP contribution in [-0.4, -0.2) is 9.55 Å². The fourth-order valence-corrected chi connectivity index (χ4v) is 10.6. The van der Waals surface area contributed by atoms with Crippen molar-refractivity contribution in [3.63, 3.8) is 0 Å². The number of hydrogen-bond donors (Lipinski definition) is 0. The van der Waals surface area contributed by atoms with Gasteiger partial charge in [-0.15, -0.1) is 0 Å². The molecule has 3 heterocycles. The first-order valence-corrected chi connectivity index (χ1v) is 18.8. The Kier molecular flexibility index (Phi) is 6.95. The zero-order valence-corrected chi connectivity index (χ0v) is 29.2. The van der Waals surface area contributed by atoms with E-state index in [2.05, 4.69) is 138 Å². The van der Waals surface area contributed by atoms with E-state index in [1.807, 2.05) is 54.6 Å². The highest BCUT2D eigenvalue weighted by atomic mass is 31.2. The molecule has 0 amide bonds. The molecule has 0 saturated heterocycles. The SMILES string of the molecule is Cc1cc(P(=O)(c2ccccc2)c2ccccn2)ccc1-n1c2ccccc2c2cc(N3c4ccccc4C(C)(C)c4ccccc43)ccc21. The minimum absolute atomic E-state index is 0.117. The molecule has 0 bridgehead atoms. The van der Waals surface area contributed by atoms with Gasteiger partial charge < -0.3 is 14.0 Å². The minimum Gasteiger partial charge on any atom is -0.310 e. The van der Waals surface area contributed by atoms with Crippen molar-refractivity contribution in [1.29, 1.82) is 0 Å². The van der Waals surface area contributed by atoms with Gasteiger partial charge >= 0.3 is 0 Å². The van der Waals surface area contributed by atoms with Crippen LogP contribution in [0.15, 0.2) is 164 Å². The van der Waals surface area contributed by atoms with E-state index in [9.17, 15) is 0 Å². The molecular formula is C45H36N3OP. The van der Waals surface area contributed by atoms with E-state index >= 15 is 4.57 Å². The lowest BCUT2D eigenvalue weighted by Crippen LogP contribution is -2.30. The quantitative estimate of drug-likeness (QED) is 0.172. The third-order valence-corrected chi connectivity index (χ3v) is 13.4. The van der Waals surface area contributed by atoms with Crippen LogP contribution in [0.1, 0.15) is 30.5 Å². The number of para-hydroxylation sites is 3. The Labute approximate surface area is 292 Å². The summed E-state index contributed by atoms with van der Waals surface area (Å²) < 4.78 is 17.5. The molecule has 242 valence electrons. The Morgan fingerprint density at radius 2 is 1.20 bits per heavy atom. The van der Waals surface area contributed by atoms with Gasteiger partial charge in [-0.3, -0.25) is 4.98 Å². The van der Waals surface area contributed by atoms with Crippen molar-refractivity contribution >= 4 is 62.1 Å². The number of benzene rings is 6. The average Bonchev–Trinajstić information content (AvgIpc) is 3.49. The third-order valence-electron chi connectivity index (χ3n) is 10.4. The summed E-state index contributed by atoms with van der Waals surface area (Å²) >= 11 is 0. The predicted molar refractivity (Wildman–Crippen MR) is 210 cm³/mol. The molecule has 0 aliphatic carbocycles. The van der Waals surface area contributed by atoms with Gasteiger partial charge in [0, 0.05) is 44.4 Å². The van der Waals surface area contributed by atoms with Crippen LogP contribution in [0, 0.1) is 6.92 Å². The van der Waals surface area contributed by atoms with Gasteiger partial charge in [-0.2, -0.15) is 0 Å². The molecule has 4 nitrogen and oxygen atoms in total. The summed E-state index contributed by atoms with van der Waals surface area (Å²) in [5.74, 6) is 0. The molecule has 0 radical (unpaired) electrons. The van der Waals surface area contributed by atoms with Crippen LogP contribution >= 0.6 is 7.14 Å². The first kappa shape index (κ1) is 30.4. The molecule has 50 heavy (non-hydrogen) atoms. The lowest BCUT2D eigenvalue weighted by Gasteiger charge is -2.42. The second-order valence-electron chi connectivity index (χ2n) is 13.7. The molecular weight excluding hydrogens is 629 g/mol. The summed E-state index contributed by atoms with van der Waals surface area (Å²) in [6.45, 7) is 6.76. The van der Waals surface area contributed by atoms with Crippen molar-refractivity contribution in [3.8, 4) is 5.69 Å². The number of fused-ring (bicyclic) bond motifs is 5. The zero-order chi connectivity index (χ0) is 34.0. The van der Waals surface area contributed by atoms with E-state index in [0.29, 0.717) is 5.44 Å². The van der Waals surface area contributed by atoms with E-state index in [-0.39, 0.29) is 5.41 Å². The van der Waals surface area contributed by atoms with Gasteiger partial charge in [-0.05, 0) is 90.3 Å². The highest BCUT2D eigenvalue weighted by Gasteiger charge is 2.37. The number of pyridine rings is 1. The molecule has 0 N–H and O–H groups in total. The summed E-state index contributed by atoms with van der Waals surface area (Å²) in [5, 5.41) is 3.93. The van der Waals surface area contributed by atoms with Crippen LogP contribution in [0.3, 0.4) is 0 Å². The van der Waals surface area contributed by atoms with Gasteiger partial charge in [-0.1, -0.05) is 105 Å². The lowest BCUT2D eigenvalue weighted by atomic mass is 9.73. The zero-order valence-electron chi connectivity index (χ0n) is 28.3. The monoisotopic (exact) mass is 665 g/mol. The van der Waals surface area contributed by atoms with Gasteiger partial charge in [0.15, 0.2) is 7.14 Å². The number of aromatic nitrogens is 2. The molecule has 2 aromatic heterocycles. The van der Waals surface area contributed by atoms with E-state index in [1.54, 1.807) is 6.20 Å². The van der Waals surface area contributed by atoms with Gasteiger partial charge in [0.2, 0.25) is 0 Å². The Hall–Kier alpha value is -5.70. The Balaban J connectivity index is 1.22. The maximum absolute atomic E-state index is 15.1. The summed E-state index contributed by atoms with van der Waals surface area (Å²) in [5.41, 5.74) is 11.0. The van der Waals surface area contributed by atoms with E-state index in [1.165, 1.54) is 33.3 Å². The third kappa shape index (κ3) is 4.45. The minimum atomic E-state index is -3.21. The number of rotatable bonds is 5. The fourth-order valence-electron chi connectivity index (χ4n) is 7.98. The normalized spacial score (nSPS) is 14.7. The standard InChI is InChI=1S/C45H36N3OP/c1-31-29-34(50(49,33-15-5-4-6-16-33)44-23-13-14-28-46-44)25-27-39(31)48-40-20-10-7-17-35(40)36-30-32(24-26-41(36)48)47-42-21-11-8-18-37(42)45(2,3)38-19-9-12-22-43(38)47/h4-30H,1-3H3. The number of hydrogen-bond acceptors (Lipinski definition) is 3. The molecule has 9 rings (SSSR count). The predicted octanol–water partition coefficient (Wildman–Crippen LogP) is 10.2. The van der Waals surface area contributed by atoms with Crippen molar-refractivity contribution < 1.29 is 4.57 Å². The average molecular weight is 666 g/mol. The van der Waals surface area contributed by atoms with Gasteiger partial charge in [-0.25, -0.2) is 0 Å². The number of anilines is 3. The van der Waals surface area contributed by atoms with Crippen LogP contribution in [0.2, 0.25) is 0 Å². The lowest BCUT2D eigenvalue weighted by molar-refractivity contribution is 0.592. The molecule has 0 saturated carbocycles. The first-order chi connectivity index (χ1) is 24.4. The van der Waals surface area contributed by atoms with Crippen LogP contribution in [0.25, 0.3) is 27.5 Å². The Morgan fingerprint density at radius 3 is 1.90 bits per heavy atom. The van der Waals surface area contributed by atoms with E-state index in [0.717, 1.165) is 38.6 Å². The molecule has 1 atom stereocenters. The van der Waals surface area contributed by atoms with Crippen molar-refractivity contribution in [2.24, 2.45) is 0 Å². The second kappa shape index (κ2) is 11.4. The van der Waals surface area contributed by atoms with Gasteiger partial charge in [0.25, 0.3) is 0 Å². The fraction of sp³-hybridized carbons (Fsp3) is 0.0889. The van der Waals surface area contributed by atoms with Crippen LogP contribution in [0.5, 0.6) is 0 Å². The number of aryl methyl sites for hydroxylation is 1. The molecule has 1 aliphatic heterocycles. The number of nitrogens with zero attached hydrogens (tertiary/aromatic N) is 3. The maximum Gasteiger partial charge on any atom is 0.188 e. The summed E-state index contributed by atoms with van der Waals surface area (Å²) in [6.07, 6.45) is 1.72. The molecule has 5 heteroatoms. The smallest absolute Gasteiger partial charge is 0.188 e. The van der Waals surface area contributed by atoms with Crippen molar-refractivity contribution in [2.75, 3.05) is 4.90 Å².